The second-order valence-electron chi connectivity index (χ2n) is 6.76. The van der Waals surface area contributed by atoms with Crippen molar-refractivity contribution >= 4 is 5.96 Å². The van der Waals surface area contributed by atoms with Crippen LogP contribution in [0, 0.1) is 5.41 Å². The highest BCUT2D eigenvalue weighted by molar-refractivity contribution is 5.79. The average molecular weight is 340 g/mol. The first-order valence-electron chi connectivity index (χ1n) is 9.21. The summed E-state index contributed by atoms with van der Waals surface area (Å²) in [4.78, 5) is 8.70. The lowest BCUT2D eigenvalue weighted by Crippen LogP contribution is -2.46. The molecule has 0 saturated heterocycles. The third-order valence-electron chi connectivity index (χ3n) is 5.18. The van der Waals surface area contributed by atoms with Gasteiger partial charge < -0.3 is 10.6 Å². The smallest absolute Gasteiger partial charge is 0.191 e. The molecule has 25 heavy (non-hydrogen) atoms. The molecule has 2 aromatic rings. The summed E-state index contributed by atoms with van der Waals surface area (Å²) in [5.41, 5.74) is 2.66. The van der Waals surface area contributed by atoms with E-state index in [1.165, 1.54) is 37.6 Å². The van der Waals surface area contributed by atoms with Crippen LogP contribution in [0.3, 0.4) is 0 Å². The van der Waals surface area contributed by atoms with Crippen molar-refractivity contribution in [2.45, 2.75) is 46.1 Å². The number of nitrogens with one attached hydrogen (secondary N) is 2. The van der Waals surface area contributed by atoms with Crippen molar-refractivity contribution in [3.8, 4) is 5.69 Å². The van der Waals surface area contributed by atoms with E-state index in [2.05, 4.69) is 46.7 Å². The van der Waals surface area contributed by atoms with Crippen LogP contribution in [0.5, 0.6) is 0 Å². The molecule has 134 valence electrons. The van der Waals surface area contributed by atoms with E-state index in [1.54, 1.807) is 11.0 Å². The Bertz CT molecular complexity index is 665. The van der Waals surface area contributed by atoms with Gasteiger partial charge in [-0.25, -0.2) is 14.7 Å². The van der Waals surface area contributed by atoms with Gasteiger partial charge in [-0.1, -0.05) is 25.5 Å². The molecule has 1 aliphatic rings. The van der Waals surface area contributed by atoms with Crippen molar-refractivity contribution in [3.05, 3.63) is 42.5 Å². The second kappa shape index (κ2) is 8.14. The molecule has 1 saturated carbocycles. The standard InChI is InChI=1S/C19H28N6/c1-3-19(10-5-11-19)13-23-18(21-4-2)22-12-16-6-8-17(9-7-16)25-15-20-14-24-25/h6-9,14-15H,3-5,10-13H2,1-2H3,(H2,21,22,23). The van der Waals surface area contributed by atoms with Gasteiger partial charge in [-0.3, -0.25) is 0 Å². The van der Waals surface area contributed by atoms with E-state index in [9.17, 15) is 0 Å². The van der Waals surface area contributed by atoms with E-state index in [1.807, 2.05) is 12.1 Å². The second-order valence-corrected chi connectivity index (χ2v) is 6.76. The summed E-state index contributed by atoms with van der Waals surface area (Å²) in [6, 6.07) is 8.26. The molecule has 3 rings (SSSR count). The monoisotopic (exact) mass is 340 g/mol. The lowest BCUT2D eigenvalue weighted by atomic mass is 9.67. The molecule has 0 atom stereocenters. The third-order valence-corrected chi connectivity index (χ3v) is 5.18. The van der Waals surface area contributed by atoms with Gasteiger partial charge in [0.15, 0.2) is 5.96 Å². The summed E-state index contributed by atoms with van der Waals surface area (Å²) in [6.07, 6.45) is 8.51. The van der Waals surface area contributed by atoms with E-state index in [4.69, 9.17) is 4.99 Å². The van der Waals surface area contributed by atoms with Gasteiger partial charge in [-0.2, -0.15) is 5.10 Å². The minimum absolute atomic E-state index is 0.482. The van der Waals surface area contributed by atoms with Gasteiger partial charge in [0.2, 0.25) is 0 Å². The van der Waals surface area contributed by atoms with E-state index in [-0.39, 0.29) is 0 Å². The molecule has 6 nitrogen and oxygen atoms in total. The van der Waals surface area contributed by atoms with Gasteiger partial charge in [0.25, 0.3) is 0 Å². The predicted octanol–water partition coefficient (Wildman–Crippen LogP) is 2.90. The van der Waals surface area contributed by atoms with Crippen LogP contribution in [-0.2, 0) is 6.54 Å². The molecule has 2 N–H and O–H groups in total. The van der Waals surface area contributed by atoms with Crippen LogP contribution < -0.4 is 10.6 Å². The zero-order chi connectivity index (χ0) is 17.5. The topological polar surface area (TPSA) is 67.1 Å². The normalized spacial score (nSPS) is 16.3. The number of aliphatic imine (C=N–C) groups is 1. The SMILES string of the molecule is CCNC(=NCc1ccc(-n2cncn2)cc1)NCC1(CC)CCC1. The van der Waals surface area contributed by atoms with Crippen molar-refractivity contribution in [1.29, 1.82) is 0 Å². The van der Waals surface area contributed by atoms with Crippen molar-refractivity contribution < 1.29 is 0 Å². The zero-order valence-corrected chi connectivity index (χ0v) is 15.2. The maximum Gasteiger partial charge on any atom is 0.191 e. The fraction of sp³-hybridized carbons (Fsp3) is 0.526. The van der Waals surface area contributed by atoms with Crippen LogP contribution >= 0.6 is 0 Å². The third kappa shape index (κ3) is 4.38. The lowest BCUT2D eigenvalue weighted by Gasteiger charge is -2.41. The first kappa shape index (κ1) is 17.5. The summed E-state index contributed by atoms with van der Waals surface area (Å²) in [5, 5.41) is 11.0. The number of guanidine groups is 1. The first-order valence-corrected chi connectivity index (χ1v) is 9.21. The molecular formula is C19H28N6. The summed E-state index contributed by atoms with van der Waals surface area (Å²) in [7, 11) is 0. The highest BCUT2D eigenvalue weighted by Gasteiger charge is 2.34. The average Bonchev–Trinajstić information content (AvgIpc) is 3.14. The van der Waals surface area contributed by atoms with Gasteiger partial charge >= 0.3 is 0 Å². The Balaban J connectivity index is 1.59. The maximum atomic E-state index is 4.73. The summed E-state index contributed by atoms with van der Waals surface area (Å²) in [5.74, 6) is 0.905. The Labute approximate surface area is 149 Å². The molecule has 1 heterocycles. The molecule has 0 spiro atoms. The van der Waals surface area contributed by atoms with Crippen LogP contribution in [0.15, 0.2) is 41.9 Å². The Morgan fingerprint density at radius 1 is 1.20 bits per heavy atom. The number of nitrogens with zero attached hydrogens (tertiary/aromatic N) is 4. The predicted molar refractivity (Wildman–Crippen MR) is 101 cm³/mol. The largest absolute Gasteiger partial charge is 0.357 e. The van der Waals surface area contributed by atoms with E-state index in [0.29, 0.717) is 12.0 Å². The van der Waals surface area contributed by atoms with Gasteiger partial charge in [-0.15, -0.1) is 0 Å². The van der Waals surface area contributed by atoms with Crippen molar-refractivity contribution in [2.24, 2.45) is 10.4 Å². The molecular weight excluding hydrogens is 312 g/mol. The van der Waals surface area contributed by atoms with Crippen molar-refractivity contribution in [1.82, 2.24) is 25.4 Å². The fourth-order valence-electron chi connectivity index (χ4n) is 3.21. The van der Waals surface area contributed by atoms with E-state index < -0.39 is 0 Å². The molecule has 0 radical (unpaired) electrons. The minimum atomic E-state index is 0.482. The van der Waals surface area contributed by atoms with Crippen LogP contribution in [-0.4, -0.2) is 33.8 Å². The van der Waals surface area contributed by atoms with Crippen LogP contribution in [0.25, 0.3) is 5.69 Å². The Morgan fingerprint density at radius 3 is 2.56 bits per heavy atom. The number of aromatic nitrogens is 3. The molecule has 1 aromatic heterocycles. The van der Waals surface area contributed by atoms with Gasteiger partial charge in [0.1, 0.15) is 12.7 Å². The van der Waals surface area contributed by atoms with Crippen LogP contribution in [0.4, 0.5) is 0 Å². The number of hydrogen-bond acceptors (Lipinski definition) is 3. The molecule has 1 aliphatic carbocycles. The van der Waals surface area contributed by atoms with Crippen LogP contribution in [0.2, 0.25) is 0 Å². The molecule has 6 heteroatoms. The van der Waals surface area contributed by atoms with Crippen molar-refractivity contribution in [2.75, 3.05) is 13.1 Å². The molecule has 0 unspecified atom stereocenters. The molecule has 0 bridgehead atoms. The highest BCUT2D eigenvalue weighted by atomic mass is 15.3. The Kier molecular flexibility index (Phi) is 5.68. The number of benzene rings is 1. The molecule has 1 fully saturated rings. The summed E-state index contributed by atoms with van der Waals surface area (Å²) >= 11 is 0. The Hall–Kier alpha value is -2.37. The van der Waals surface area contributed by atoms with Crippen molar-refractivity contribution in [3.63, 3.8) is 0 Å². The van der Waals surface area contributed by atoms with E-state index >= 15 is 0 Å². The highest BCUT2D eigenvalue weighted by Crippen LogP contribution is 2.42. The molecule has 1 aromatic carbocycles. The Morgan fingerprint density at radius 2 is 2.00 bits per heavy atom. The fourth-order valence-corrected chi connectivity index (χ4v) is 3.21. The maximum absolute atomic E-state index is 4.73. The van der Waals surface area contributed by atoms with Crippen LogP contribution in [0.1, 0.15) is 45.1 Å². The van der Waals surface area contributed by atoms with Gasteiger partial charge in [-0.05, 0) is 49.3 Å². The molecule has 0 aliphatic heterocycles. The quantitative estimate of drug-likeness (QED) is 0.601. The number of rotatable bonds is 7. The summed E-state index contributed by atoms with van der Waals surface area (Å²) < 4.78 is 1.75. The van der Waals surface area contributed by atoms with Gasteiger partial charge in [0, 0.05) is 13.1 Å². The van der Waals surface area contributed by atoms with E-state index in [0.717, 1.165) is 24.7 Å². The lowest BCUT2D eigenvalue weighted by molar-refractivity contribution is 0.131. The molecule has 0 amide bonds. The first-order chi connectivity index (χ1) is 12.2. The summed E-state index contributed by atoms with van der Waals surface area (Å²) in [6.45, 7) is 6.94. The van der Waals surface area contributed by atoms with Gasteiger partial charge in [0.05, 0.1) is 12.2 Å². The minimum Gasteiger partial charge on any atom is -0.357 e. The number of hydrogen-bond donors (Lipinski definition) is 2. The zero-order valence-electron chi connectivity index (χ0n) is 15.2.